The minimum Gasteiger partial charge on any atom is -0.489 e. The van der Waals surface area contributed by atoms with Crippen LogP contribution in [0, 0.1) is 0 Å². The molecule has 0 unspecified atom stereocenters. The van der Waals surface area contributed by atoms with E-state index in [1.165, 1.54) is 0 Å². The number of nitrogens with zero attached hydrogens (tertiary/aromatic N) is 2. The van der Waals surface area contributed by atoms with E-state index in [9.17, 15) is 4.79 Å². The molecule has 0 radical (unpaired) electrons. The topological polar surface area (TPSA) is 44.1 Å². The van der Waals surface area contributed by atoms with Crippen LogP contribution in [-0.4, -0.2) is 16.1 Å². The van der Waals surface area contributed by atoms with Gasteiger partial charge in [-0.25, -0.2) is 0 Å². The summed E-state index contributed by atoms with van der Waals surface area (Å²) in [7, 11) is 1.86. The van der Waals surface area contributed by atoms with Gasteiger partial charge in [0.05, 0.1) is 6.20 Å². The summed E-state index contributed by atoms with van der Waals surface area (Å²) in [6.07, 6.45) is 4.48. The molecule has 0 atom stereocenters. The van der Waals surface area contributed by atoms with E-state index in [4.69, 9.17) is 4.74 Å². The van der Waals surface area contributed by atoms with Crippen LogP contribution in [0.5, 0.6) is 5.75 Å². The van der Waals surface area contributed by atoms with E-state index in [1.807, 2.05) is 13.2 Å². The molecular weight excluding hydrogens is 204 g/mol. The Bertz CT molecular complexity index is 474. The SMILES string of the molecule is Cn1cc(COc2ccc(C=O)cc2)cn1. The highest BCUT2D eigenvalue weighted by Gasteiger charge is 1.98. The first-order chi connectivity index (χ1) is 7.78. The zero-order chi connectivity index (χ0) is 11.4. The number of carbonyl (C=O) groups excluding carboxylic acids is 1. The molecule has 0 aliphatic heterocycles. The van der Waals surface area contributed by atoms with Crippen molar-refractivity contribution in [2.45, 2.75) is 6.61 Å². The maximum absolute atomic E-state index is 10.4. The van der Waals surface area contributed by atoms with Gasteiger partial charge < -0.3 is 4.74 Å². The van der Waals surface area contributed by atoms with E-state index in [-0.39, 0.29) is 0 Å². The van der Waals surface area contributed by atoms with Crippen LogP contribution < -0.4 is 4.74 Å². The molecule has 82 valence electrons. The van der Waals surface area contributed by atoms with Crippen molar-refractivity contribution in [1.29, 1.82) is 0 Å². The summed E-state index contributed by atoms with van der Waals surface area (Å²) in [4.78, 5) is 10.4. The van der Waals surface area contributed by atoms with Gasteiger partial charge in [0.25, 0.3) is 0 Å². The van der Waals surface area contributed by atoms with Crippen molar-refractivity contribution >= 4 is 6.29 Å². The molecule has 2 rings (SSSR count). The molecule has 0 bridgehead atoms. The lowest BCUT2D eigenvalue weighted by molar-refractivity contribution is 0.112. The molecule has 2 aromatic rings. The largest absolute Gasteiger partial charge is 0.489 e. The van der Waals surface area contributed by atoms with Crippen LogP contribution in [-0.2, 0) is 13.7 Å². The number of carbonyl (C=O) groups is 1. The Morgan fingerprint density at radius 2 is 2.12 bits per heavy atom. The summed E-state index contributed by atoms with van der Waals surface area (Å²) < 4.78 is 7.27. The Balaban J connectivity index is 1.96. The van der Waals surface area contributed by atoms with Gasteiger partial charge in [0, 0.05) is 24.4 Å². The lowest BCUT2D eigenvalue weighted by Gasteiger charge is -2.03. The lowest BCUT2D eigenvalue weighted by Crippen LogP contribution is -1.94. The summed E-state index contributed by atoms with van der Waals surface area (Å²) in [5, 5.41) is 4.05. The molecular formula is C12H12N2O2. The first kappa shape index (κ1) is 10.4. The van der Waals surface area contributed by atoms with E-state index in [2.05, 4.69) is 5.10 Å². The normalized spacial score (nSPS) is 10.1. The molecule has 1 heterocycles. The Kier molecular flexibility index (Phi) is 3.00. The average Bonchev–Trinajstić information content (AvgIpc) is 2.73. The fourth-order valence-electron chi connectivity index (χ4n) is 1.36. The number of aryl methyl sites for hydroxylation is 1. The number of hydrogen-bond donors (Lipinski definition) is 0. The van der Waals surface area contributed by atoms with Crippen LogP contribution in [0.25, 0.3) is 0 Å². The van der Waals surface area contributed by atoms with E-state index in [0.717, 1.165) is 17.6 Å². The van der Waals surface area contributed by atoms with Crippen molar-refractivity contribution in [3.8, 4) is 5.75 Å². The van der Waals surface area contributed by atoms with Crippen LogP contribution in [0.15, 0.2) is 36.7 Å². The predicted octanol–water partition coefficient (Wildman–Crippen LogP) is 1.81. The first-order valence-corrected chi connectivity index (χ1v) is 4.93. The van der Waals surface area contributed by atoms with Crippen molar-refractivity contribution in [2.75, 3.05) is 0 Å². The highest BCUT2D eigenvalue weighted by Crippen LogP contribution is 2.13. The molecule has 0 saturated carbocycles. The smallest absolute Gasteiger partial charge is 0.150 e. The van der Waals surface area contributed by atoms with Crippen LogP contribution in [0.1, 0.15) is 15.9 Å². The van der Waals surface area contributed by atoms with Gasteiger partial charge >= 0.3 is 0 Å². The average molecular weight is 216 g/mol. The summed E-state index contributed by atoms with van der Waals surface area (Å²) in [5.41, 5.74) is 1.66. The van der Waals surface area contributed by atoms with Crippen molar-refractivity contribution in [1.82, 2.24) is 9.78 Å². The number of rotatable bonds is 4. The van der Waals surface area contributed by atoms with Gasteiger partial charge in [-0.3, -0.25) is 9.48 Å². The number of aldehydes is 1. The molecule has 0 amide bonds. The Morgan fingerprint density at radius 3 is 2.69 bits per heavy atom. The molecule has 0 saturated heterocycles. The van der Waals surface area contributed by atoms with Gasteiger partial charge in [0.1, 0.15) is 18.6 Å². The van der Waals surface area contributed by atoms with E-state index >= 15 is 0 Å². The van der Waals surface area contributed by atoms with Crippen molar-refractivity contribution < 1.29 is 9.53 Å². The number of aromatic nitrogens is 2. The summed E-state index contributed by atoms with van der Waals surface area (Å²) in [6, 6.07) is 7.01. The second-order valence-electron chi connectivity index (χ2n) is 3.50. The Labute approximate surface area is 93.5 Å². The fourth-order valence-corrected chi connectivity index (χ4v) is 1.36. The standard InChI is InChI=1S/C12H12N2O2/c1-14-7-11(6-13-14)9-16-12-4-2-10(8-15)3-5-12/h2-8H,9H2,1H3. The van der Waals surface area contributed by atoms with Gasteiger partial charge in [-0.15, -0.1) is 0 Å². The third kappa shape index (κ3) is 2.48. The number of hydrogen-bond acceptors (Lipinski definition) is 3. The summed E-state index contributed by atoms with van der Waals surface area (Å²) in [6.45, 7) is 0.480. The molecule has 0 aliphatic rings. The van der Waals surface area contributed by atoms with Gasteiger partial charge in [-0.05, 0) is 24.3 Å². The first-order valence-electron chi connectivity index (χ1n) is 4.93. The third-order valence-corrected chi connectivity index (χ3v) is 2.18. The molecule has 0 spiro atoms. The van der Waals surface area contributed by atoms with Crippen molar-refractivity contribution in [3.63, 3.8) is 0 Å². The Morgan fingerprint density at radius 1 is 1.38 bits per heavy atom. The molecule has 0 aliphatic carbocycles. The molecule has 16 heavy (non-hydrogen) atoms. The van der Waals surface area contributed by atoms with E-state index in [0.29, 0.717) is 12.2 Å². The van der Waals surface area contributed by atoms with Crippen molar-refractivity contribution in [2.24, 2.45) is 7.05 Å². The second-order valence-corrected chi connectivity index (χ2v) is 3.50. The maximum Gasteiger partial charge on any atom is 0.150 e. The van der Waals surface area contributed by atoms with E-state index in [1.54, 1.807) is 35.1 Å². The molecule has 0 N–H and O–H groups in total. The molecule has 0 fully saturated rings. The van der Waals surface area contributed by atoms with Gasteiger partial charge in [0.2, 0.25) is 0 Å². The van der Waals surface area contributed by atoms with Crippen LogP contribution >= 0.6 is 0 Å². The van der Waals surface area contributed by atoms with Crippen LogP contribution in [0.3, 0.4) is 0 Å². The minimum atomic E-state index is 0.480. The monoisotopic (exact) mass is 216 g/mol. The van der Waals surface area contributed by atoms with Gasteiger partial charge in [-0.2, -0.15) is 5.10 Å². The fraction of sp³-hybridized carbons (Fsp3) is 0.167. The van der Waals surface area contributed by atoms with Gasteiger partial charge in [0.15, 0.2) is 0 Å². The number of benzene rings is 1. The van der Waals surface area contributed by atoms with Gasteiger partial charge in [-0.1, -0.05) is 0 Å². The van der Waals surface area contributed by atoms with Crippen LogP contribution in [0.4, 0.5) is 0 Å². The molecule has 1 aromatic heterocycles. The summed E-state index contributed by atoms with van der Waals surface area (Å²) in [5.74, 6) is 0.745. The third-order valence-electron chi connectivity index (χ3n) is 2.18. The van der Waals surface area contributed by atoms with Crippen LogP contribution in [0.2, 0.25) is 0 Å². The lowest BCUT2D eigenvalue weighted by atomic mass is 10.2. The molecule has 4 heteroatoms. The summed E-state index contributed by atoms with van der Waals surface area (Å²) >= 11 is 0. The quantitative estimate of drug-likeness (QED) is 0.732. The zero-order valence-corrected chi connectivity index (χ0v) is 8.96. The number of ether oxygens (including phenoxy) is 1. The molecule has 4 nitrogen and oxygen atoms in total. The molecule has 1 aromatic carbocycles. The highest BCUT2D eigenvalue weighted by atomic mass is 16.5. The maximum atomic E-state index is 10.4. The van der Waals surface area contributed by atoms with Crippen molar-refractivity contribution in [3.05, 3.63) is 47.8 Å². The van der Waals surface area contributed by atoms with E-state index < -0.39 is 0 Å². The highest BCUT2D eigenvalue weighted by molar-refractivity contribution is 5.74. The zero-order valence-electron chi connectivity index (χ0n) is 8.96. The minimum absolute atomic E-state index is 0.480. The second kappa shape index (κ2) is 4.61. The Hall–Kier alpha value is -2.10. The predicted molar refractivity (Wildman–Crippen MR) is 59.4 cm³/mol.